The number of rotatable bonds is 2. The molecule has 8 nitrogen and oxygen atoms in total. The van der Waals surface area contributed by atoms with Crippen LogP contribution in [0.15, 0.2) is 316 Å². The van der Waals surface area contributed by atoms with E-state index in [1.54, 1.807) is 47.5 Å². The Bertz CT molecular complexity index is 5060. The maximum absolute atomic E-state index is 4.53. The molecular formula is C84H52Ir2N8S2+2. The SMILES string of the molecule is [Ir+3].[Ir+3].[c-]1c(-c2ccccn2)sc2ccccc12.[c-]1c(-c2ccccn2)sc2ccccc12.[c-]1cccc2c1c1ncccc1c1ccccc21.[c-]1cccc2c1c1ncccc1c1ccccc21.c1cnc2c(c1)ccc1cccnc12.c1cnc2c(c1)ccc1cccnc12. The summed E-state index contributed by atoms with van der Waals surface area (Å²) in [4.78, 5) is 37.3. The normalized spacial score (nSPS) is 10.8. The minimum Gasteiger partial charge on any atom is -0.304 e. The van der Waals surface area contributed by atoms with Gasteiger partial charge in [0.15, 0.2) is 0 Å². The Kier molecular flexibility index (Phi) is 20.0. The fourth-order valence-corrected chi connectivity index (χ4v) is 13.6. The van der Waals surface area contributed by atoms with Crippen molar-refractivity contribution < 1.29 is 40.2 Å². The summed E-state index contributed by atoms with van der Waals surface area (Å²) in [6.07, 6.45) is 14.5. The Morgan fingerprint density at radius 3 is 0.875 bits per heavy atom. The van der Waals surface area contributed by atoms with Crippen molar-refractivity contribution in [3.05, 3.63) is 341 Å². The van der Waals surface area contributed by atoms with Gasteiger partial charge in [-0.1, -0.05) is 179 Å². The molecule has 10 aromatic carbocycles. The molecule has 0 N–H and O–H groups in total. The Morgan fingerprint density at radius 2 is 0.521 bits per heavy atom. The van der Waals surface area contributed by atoms with Gasteiger partial charge in [0, 0.05) is 82.5 Å². The van der Waals surface area contributed by atoms with Crippen molar-refractivity contribution in [2.24, 2.45) is 0 Å². The molecule has 96 heavy (non-hydrogen) atoms. The van der Waals surface area contributed by atoms with E-state index in [9.17, 15) is 0 Å². The number of pyridine rings is 8. The first-order chi connectivity index (χ1) is 46.7. The fraction of sp³-hybridized carbons (Fsp3) is 0. The number of hydrogen-bond donors (Lipinski definition) is 0. The Morgan fingerprint density at radius 1 is 0.229 bits per heavy atom. The third-order valence-corrected chi connectivity index (χ3v) is 18.2. The van der Waals surface area contributed by atoms with Crippen LogP contribution < -0.4 is 0 Å². The summed E-state index contributed by atoms with van der Waals surface area (Å²) in [6, 6.07) is 104. The molecule has 10 aromatic heterocycles. The first-order valence-electron chi connectivity index (χ1n) is 30.6. The van der Waals surface area contributed by atoms with E-state index in [-0.39, 0.29) is 40.2 Å². The molecule has 0 radical (unpaired) electrons. The van der Waals surface area contributed by atoms with Crippen LogP contribution in [-0.4, -0.2) is 39.9 Å². The monoisotopic (exact) mass is 1620 g/mol. The van der Waals surface area contributed by atoms with Crippen molar-refractivity contribution in [3.8, 4) is 21.1 Å². The van der Waals surface area contributed by atoms with Gasteiger partial charge in [0.1, 0.15) is 0 Å². The summed E-state index contributed by atoms with van der Waals surface area (Å²) in [5.74, 6) is 0. The van der Waals surface area contributed by atoms with Gasteiger partial charge in [-0.2, -0.15) is 0 Å². The van der Waals surface area contributed by atoms with Crippen molar-refractivity contribution >= 4 is 151 Å². The van der Waals surface area contributed by atoms with Crippen LogP contribution in [0.3, 0.4) is 0 Å². The van der Waals surface area contributed by atoms with Gasteiger partial charge < -0.3 is 19.9 Å². The minimum absolute atomic E-state index is 0. The van der Waals surface area contributed by atoms with Crippen LogP contribution in [0.25, 0.3) is 150 Å². The summed E-state index contributed by atoms with van der Waals surface area (Å²) >= 11 is 3.46. The van der Waals surface area contributed by atoms with Crippen molar-refractivity contribution in [2.45, 2.75) is 0 Å². The number of nitrogens with zero attached hydrogens (tertiary/aromatic N) is 8. The van der Waals surface area contributed by atoms with Gasteiger partial charge in [0.25, 0.3) is 0 Å². The second kappa shape index (κ2) is 30.1. The van der Waals surface area contributed by atoms with Crippen LogP contribution in [0.4, 0.5) is 0 Å². The predicted octanol–water partition coefficient (Wildman–Crippen LogP) is 21.8. The largest absolute Gasteiger partial charge is 3.00 e. The molecule has 0 aliphatic heterocycles. The molecule has 0 atom stereocenters. The molecule has 12 heteroatoms. The summed E-state index contributed by atoms with van der Waals surface area (Å²) in [5.41, 5.74) is 7.98. The maximum Gasteiger partial charge on any atom is 3.00 e. The molecule has 0 amide bonds. The summed E-state index contributed by atoms with van der Waals surface area (Å²) in [6.45, 7) is 0. The molecule has 0 bridgehead atoms. The van der Waals surface area contributed by atoms with Gasteiger partial charge in [-0.05, 0) is 100 Å². The van der Waals surface area contributed by atoms with Gasteiger partial charge in [0.2, 0.25) is 0 Å². The van der Waals surface area contributed by atoms with Gasteiger partial charge in [-0.3, -0.25) is 19.9 Å². The zero-order chi connectivity index (χ0) is 62.8. The van der Waals surface area contributed by atoms with Crippen molar-refractivity contribution in [1.82, 2.24) is 39.9 Å². The standard InChI is InChI=1S/2C17H10N.2C13H8NS.2C12H8N2.2Ir/c2*1-2-7-14-12(6-1)13-8-3-4-9-15(13)17-16(14)10-5-11-18-17;2*1-2-7-12-10(5-1)9-13(15-12)11-6-3-4-8-14-11;2*1-3-9-5-6-10-4-2-8-14-12(10)11(9)13-7-1;;/h2*1-8,10-11H;2*1-8H;2*1-8H;;/q4*-1;;;2*+3. The van der Waals surface area contributed by atoms with E-state index in [1.165, 1.54) is 63.3 Å². The Labute approximate surface area is 588 Å². The predicted molar refractivity (Wildman–Crippen MR) is 393 cm³/mol. The number of hydrogen-bond acceptors (Lipinski definition) is 10. The van der Waals surface area contributed by atoms with Gasteiger partial charge in [-0.25, -0.2) is 22.7 Å². The van der Waals surface area contributed by atoms with Crippen molar-refractivity contribution in [2.75, 3.05) is 0 Å². The first-order valence-corrected chi connectivity index (χ1v) is 32.2. The summed E-state index contributed by atoms with van der Waals surface area (Å²) in [7, 11) is 0. The number of benzene rings is 10. The van der Waals surface area contributed by atoms with E-state index >= 15 is 0 Å². The van der Waals surface area contributed by atoms with Crippen molar-refractivity contribution in [1.29, 1.82) is 0 Å². The zero-order valence-corrected chi connectivity index (χ0v) is 57.5. The summed E-state index contributed by atoms with van der Waals surface area (Å²) < 4.78 is 2.52. The molecule has 0 spiro atoms. The van der Waals surface area contributed by atoms with E-state index in [2.05, 4.69) is 222 Å². The topological polar surface area (TPSA) is 103 Å². The molecule has 0 saturated carbocycles. The van der Waals surface area contributed by atoms with E-state index in [1.807, 2.05) is 134 Å². The number of thiophene rings is 2. The minimum atomic E-state index is 0. The molecular weight excluding hydrogens is 1570 g/mol. The van der Waals surface area contributed by atoms with E-state index in [4.69, 9.17) is 0 Å². The molecule has 0 aliphatic rings. The molecule has 0 aliphatic carbocycles. The second-order valence-electron chi connectivity index (χ2n) is 21.8. The third kappa shape index (κ3) is 13.6. The average molecular weight is 1620 g/mol. The second-order valence-corrected chi connectivity index (χ2v) is 23.9. The van der Waals surface area contributed by atoms with Crippen LogP contribution in [0.2, 0.25) is 0 Å². The van der Waals surface area contributed by atoms with Gasteiger partial charge in [-0.15, -0.1) is 106 Å². The number of aromatic nitrogens is 8. The maximum atomic E-state index is 4.53. The van der Waals surface area contributed by atoms with E-state index in [0.717, 1.165) is 86.6 Å². The summed E-state index contributed by atoms with van der Waals surface area (Å²) in [5, 5.41) is 19.0. The number of fused-ring (bicyclic) bond motifs is 20. The molecule has 0 fully saturated rings. The Hall–Kier alpha value is -10.8. The van der Waals surface area contributed by atoms with Crippen LogP contribution in [-0.2, 0) is 40.2 Å². The van der Waals surface area contributed by atoms with E-state index in [0.29, 0.717) is 0 Å². The molecule has 10 heterocycles. The molecule has 456 valence electrons. The average Bonchev–Trinajstić information content (AvgIpc) is 0.940. The quantitative estimate of drug-likeness (QED) is 0.125. The molecule has 20 rings (SSSR count). The molecule has 0 saturated heterocycles. The van der Waals surface area contributed by atoms with E-state index < -0.39 is 0 Å². The molecule has 0 unspecified atom stereocenters. The Balaban J connectivity index is 0.000000104. The van der Waals surface area contributed by atoms with Gasteiger partial charge in [0.05, 0.1) is 22.1 Å². The fourth-order valence-electron chi connectivity index (χ4n) is 11.7. The van der Waals surface area contributed by atoms with Crippen LogP contribution in [0.5, 0.6) is 0 Å². The smallest absolute Gasteiger partial charge is 0.304 e. The van der Waals surface area contributed by atoms with Crippen LogP contribution in [0.1, 0.15) is 0 Å². The van der Waals surface area contributed by atoms with Crippen molar-refractivity contribution in [3.63, 3.8) is 0 Å². The van der Waals surface area contributed by atoms with Crippen LogP contribution >= 0.6 is 22.7 Å². The van der Waals surface area contributed by atoms with Gasteiger partial charge >= 0.3 is 40.2 Å². The van der Waals surface area contributed by atoms with Crippen LogP contribution in [0, 0.1) is 24.3 Å². The third-order valence-electron chi connectivity index (χ3n) is 16.0. The first kappa shape index (κ1) is 64.0. The molecule has 20 aromatic rings. The zero-order valence-electron chi connectivity index (χ0n) is 51.1.